The predicted octanol–water partition coefficient (Wildman–Crippen LogP) is -0.839. The monoisotopic (exact) mass is 786 g/mol. The van der Waals surface area contributed by atoms with Gasteiger partial charge in [0.25, 0.3) is 0 Å². The number of rotatable bonds is 15. The maximum absolute atomic E-state index is 12.4. The van der Waals surface area contributed by atoms with Crippen LogP contribution in [-0.2, 0) is 35.0 Å². The molecule has 3 aliphatic heterocycles. The Kier molecular flexibility index (Phi) is 14.3. The van der Waals surface area contributed by atoms with Crippen LogP contribution in [0.3, 0.4) is 0 Å². The van der Waals surface area contributed by atoms with Crippen molar-refractivity contribution in [2.45, 2.75) is 114 Å². The summed E-state index contributed by atoms with van der Waals surface area (Å²) in [7, 11) is 1.26. The van der Waals surface area contributed by atoms with E-state index in [9.17, 15) is 55.9 Å². The van der Waals surface area contributed by atoms with Crippen molar-refractivity contribution in [3.8, 4) is 23.0 Å². The van der Waals surface area contributed by atoms with Gasteiger partial charge >= 0.3 is 5.97 Å². The van der Waals surface area contributed by atoms with Crippen LogP contribution in [0.1, 0.15) is 53.4 Å². The Morgan fingerprint density at radius 2 is 1.58 bits per heavy atom. The van der Waals surface area contributed by atoms with Crippen LogP contribution in [-0.4, -0.2) is 158 Å². The van der Waals surface area contributed by atoms with Gasteiger partial charge in [0.05, 0.1) is 39.6 Å². The molecule has 308 valence electrons. The fourth-order valence-electron chi connectivity index (χ4n) is 6.66. The van der Waals surface area contributed by atoms with Gasteiger partial charge in [0, 0.05) is 11.1 Å². The normalized spacial score (nSPS) is 33.1. The summed E-state index contributed by atoms with van der Waals surface area (Å²) in [6.07, 6.45) is -18.7. The number of carboxylic acid groups (broad SMARTS) is 1. The van der Waals surface area contributed by atoms with E-state index in [1.165, 1.54) is 25.3 Å². The molecule has 0 amide bonds. The van der Waals surface area contributed by atoms with E-state index in [2.05, 4.69) is 0 Å². The van der Waals surface area contributed by atoms with E-state index in [4.69, 9.17) is 37.9 Å². The van der Waals surface area contributed by atoms with Crippen molar-refractivity contribution in [1.82, 2.24) is 0 Å². The van der Waals surface area contributed by atoms with Crippen LogP contribution >= 0.6 is 0 Å². The van der Waals surface area contributed by atoms with Gasteiger partial charge in [0.2, 0.25) is 0 Å². The first-order valence-electron chi connectivity index (χ1n) is 17.7. The zero-order valence-electron chi connectivity index (χ0n) is 30.6. The van der Waals surface area contributed by atoms with Crippen molar-refractivity contribution in [3.63, 3.8) is 0 Å². The number of ether oxygens (including phenoxy) is 8. The SMILES string of the molecule is COc1c([C@H](O)CC(C)C)ccc(Oc2c(O)cc(C)cc2CO[C@@H]2OC[C@H](O[C@@H]3OC[C@H](O)[C@H](O[C@@H]4O[C@H](CO)[C@H](O)[C@@H]4O)[C@@H]3O)[C@H](O)[C@@H]2O)c1C(=O)O. The van der Waals surface area contributed by atoms with Crippen molar-refractivity contribution in [1.29, 1.82) is 0 Å². The standard InChI is InChI=1S/C36H50O19/c1-14(2)7-18(38)17-5-6-21(24(33(46)47)31(17)48-4)52-30-16(8-15(3)9-19(30)39)11-49-34-27(43)26(42)23(13-51-34)54-35-29(45)32(20(40)12-50-35)55-36-28(44)25(41)22(10-37)53-36/h5-6,8-9,14,18,20,22-23,25-29,32,34-45H,7,10-13H2,1-4H3,(H,46,47)/t18-,20+,22-,23+,25+,26+,27+,28+,29+,32+,34-,35+,36+/m1/s1. The molecule has 0 spiro atoms. The first kappa shape index (κ1) is 42.9. The quantitative estimate of drug-likeness (QED) is 0.105. The van der Waals surface area contributed by atoms with Crippen molar-refractivity contribution in [2.24, 2.45) is 5.92 Å². The Labute approximate surface area is 315 Å². The summed E-state index contributed by atoms with van der Waals surface area (Å²) in [5, 5.41) is 105. The molecule has 0 aromatic heterocycles. The summed E-state index contributed by atoms with van der Waals surface area (Å²) in [6, 6.07) is 5.77. The zero-order valence-corrected chi connectivity index (χ0v) is 30.6. The molecule has 3 aliphatic rings. The van der Waals surface area contributed by atoms with E-state index in [0.717, 1.165) is 0 Å². The largest absolute Gasteiger partial charge is 0.504 e. The van der Waals surface area contributed by atoms with Crippen LogP contribution in [0.4, 0.5) is 0 Å². The molecule has 0 radical (unpaired) electrons. The summed E-state index contributed by atoms with van der Waals surface area (Å²) in [6.45, 7) is 3.67. The highest BCUT2D eigenvalue weighted by molar-refractivity contribution is 5.95. The number of phenols is 1. The number of aromatic carboxylic acids is 1. The van der Waals surface area contributed by atoms with Gasteiger partial charge in [-0.15, -0.1) is 0 Å². The molecule has 0 aliphatic carbocycles. The van der Waals surface area contributed by atoms with Gasteiger partial charge < -0.3 is 89.0 Å². The second kappa shape index (κ2) is 18.3. The smallest absolute Gasteiger partial charge is 0.343 e. The molecule has 0 bridgehead atoms. The minimum Gasteiger partial charge on any atom is -0.504 e. The third-order valence-electron chi connectivity index (χ3n) is 9.49. The second-order valence-corrected chi connectivity index (χ2v) is 14.1. The minimum atomic E-state index is -1.73. The predicted molar refractivity (Wildman–Crippen MR) is 183 cm³/mol. The molecule has 55 heavy (non-hydrogen) atoms. The highest BCUT2D eigenvalue weighted by Gasteiger charge is 2.50. The Morgan fingerprint density at radius 3 is 2.22 bits per heavy atom. The number of hydrogen-bond donors (Lipinski definition) is 10. The topological polar surface area (TPSA) is 293 Å². The number of phenolic OH excluding ortho intramolecular Hbond substituents is 1. The van der Waals surface area contributed by atoms with E-state index in [0.29, 0.717) is 12.0 Å². The lowest BCUT2D eigenvalue weighted by Crippen LogP contribution is -2.60. The van der Waals surface area contributed by atoms with Gasteiger partial charge in [-0.25, -0.2) is 4.79 Å². The molecule has 3 saturated heterocycles. The van der Waals surface area contributed by atoms with E-state index in [-0.39, 0.29) is 46.6 Å². The summed E-state index contributed by atoms with van der Waals surface area (Å²) >= 11 is 0. The first-order chi connectivity index (χ1) is 26.1. The van der Waals surface area contributed by atoms with Gasteiger partial charge in [0.15, 0.2) is 30.4 Å². The summed E-state index contributed by atoms with van der Waals surface area (Å²) in [4.78, 5) is 12.4. The number of aliphatic hydroxyl groups excluding tert-OH is 8. The molecule has 10 N–H and O–H groups in total. The molecular weight excluding hydrogens is 736 g/mol. The molecule has 19 heteroatoms. The number of aliphatic hydroxyl groups is 8. The number of hydrogen-bond acceptors (Lipinski definition) is 18. The van der Waals surface area contributed by atoms with Gasteiger partial charge in [0.1, 0.15) is 72.0 Å². The van der Waals surface area contributed by atoms with Gasteiger partial charge in [-0.2, -0.15) is 0 Å². The number of carboxylic acids is 1. The van der Waals surface area contributed by atoms with Crippen LogP contribution in [0.15, 0.2) is 24.3 Å². The molecule has 2 aromatic carbocycles. The van der Waals surface area contributed by atoms with Crippen LogP contribution in [0.25, 0.3) is 0 Å². The van der Waals surface area contributed by atoms with Crippen molar-refractivity contribution in [3.05, 3.63) is 46.5 Å². The highest BCUT2D eigenvalue weighted by atomic mass is 16.7. The summed E-state index contributed by atoms with van der Waals surface area (Å²) < 4.78 is 44.7. The molecule has 0 unspecified atom stereocenters. The molecule has 0 saturated carbocycles. The molecule has 3 fully saturated rings. The Balaban J connectivity index is 1.25. The molecule has 2 aromatic rings. The molecular formula is C36H50O19. The molecule has 3 heterocycles. The molecule has 19 nitrogen and oxygen atoms in total. The van der Waals surface area contributed by atoms with Crippen molar-refractivity contribution < 1.29 is 93.8 Å². The maximum Gasteiger partial charge on any atom is 0.343 e. The zero-order chi connectivity index (χ0) is 40.3. The lowest BCUT2D eigenvalue weighted by Gasteiger charge is -2.42. The van der Waals surface area contributed by atoms with Crippen molar-refractivity contribution >= 4 is 5.97 Å². The van der Waals surface area contributed by atoms with Crippen LogP contribution < -0.4 is 9.47 Å². The van der Waals surface area contributed by atoms with Crippen LogP contribution in [0.5, 0.6) is 23.0 Å². The lowest BCUT2D eigenvalue weighted by atomic mass is 9.96. The average Bonchev–Trinajstić information content (AvgIpc) is 3.40. The Bertz CT molecular complexity index is 1610. The number of methoxy groups -OCH3 is 1. The van der Waals surface area contributed by atoms with Crippen LogP contribution in [0, 0.1) is 12.8 Å². The van der Waals surface area contributed by atoms with Gasteiger partial charge in [-0.05, 0) is 49.1 Å². The summed E-state index contributed by atoms with van der Waals surface area (Å²) in [5.41, 5.74) is 0.626. The van der Waals surface area contributed by atoms with Crippen LogP contribution in [0.2, 0.25) is 0 Å². The first-order valence-corrected chi connectivity index (χ1v) is 17.7. The third-order valence-corrected chi connectivity index (χ3v) is 9.49. The van der Waals surface area contributed by atoms with Gasteiger partial charge in [-0.1, -0.05) is 13.8 Å². The van der Waals surface area contributed by atoms with Gasteiger partial charge in [-0.3, -0.25) is 0 Å². The molecule has 5 rings (SSSR count). The Morgan fingerprint density at radius 1 is 0.891 bits per heavy atom. The number of benzene rings is 2. The lowest BCUT2D eigenvalue weighted by molar-refractivity contribution is -0.342. The van der Waals surface area contributed by atoms with E-state index in [1.807, 2.05) is 13.8 Å². The summed E-state index contributed by atoms with van der Waals surface area (Å²) in [5.74, 6) is -2.19. The maximum atomic E-state index is 12.4. The van der Waals surface area contributed by atoms with Crippen molar-refractivity contribution in [2.75, 3.05) is 26.9 Å². The number of aryl methyl sites for hydroxylation is 1. The fourth-order valence-corrected chi connectivity index (χ4v) is 6.66. The third kappa shape index (κ3) is 9.49. The number of aromatic hydroxyl groups is 1. The highest BCUT2D eigenvalue weighted by Crippen LogP contribution is 2.43. The Hall–Kier alpha value is -3.25. The second-order valence-electron chi connectivity index (χ2n) is 14.1. The fraction of sp³-hybridized carbons (Fsp3) is 0.639. The van der Waals surface area contributed by atoms with E-state index in [1.54, 1.807) is 13.0 Å². The average molecular weight is 787 g/mol. The van der Waals surface area contributed by atoms with E-state index < -0.39 is 111 Å². The molecule has 13 atom stereocenters. The van der Waals surface area contributed by atoms with E-state index >= 15 is 0 Å². The minimum absolute atomic E-state index is 0.0946. The number of carbonyl (C=O) groups is 1.